The Morgan fingerprint density at radius 3 is 2.57 bits per heavy atom. The molecule has 2 rings (SSSR count). The van der Waals surface area contributed by atoms with Gasteiger partial charge in [-0.2, -0.15) is 5.10 Å². The third-order valence-electron chi connectivity index (χ3n) is 5.11. The average molecular weight is 339 g/mol. The largest absolute Gasteiger partial charge is 0.476 e. The van der Waals surface area contributed by atoms with E-state index >= 15 is 0 Å². The molecule has 0 amide bonds. The van der Waals surface area contributed by atoms with Crippen LogP contribution in [0.2, 0.25) is 25.7 Å². The molecule has 0 aliphatic heterocycles. The fourth-order valence-electron chi connectivity index (χ4n) is 2.92. The summed E-state index contributed by atoms with van der Waals surface area (Å²) in [6, 6.07) is 1.10. The quantitative estimate of drug-likeness (QED) is 0.578. The Bertz CT molecular complexity index is 591. The normalized spacial score (nSPS) is 24.0. The summed E-state index contributed by atoms with van der Waals surface area (Å²) in [7, 11) is -1.12. The maximum atomic E-state index is 11.4. The van der Waals surface area contributed by atoms with Gasteiger partial charge in [0.25, 0.3) is 0 Å². The van der Waals surface area contributed by atoms with Gasteiger partial charge in [0.05, 0.1) is 0 Å². The van der Waals surface area contributed by atoms with E-state index in [1.165, 1.54) is 6.42 Å². The van der Waals surface area contributed by atoms with Gasteiger partial charge in [0.1, 0.15) is 6.73 Å². The van der Waals surface area contributed by atoms with Gasteiger partial charge in [-0.25, -0.2) is 9.48 Å². The smallest absolute Gasteiger partial charge is 0.356 e. The zero-order valence-corrected chi connectivity index (χ0v) is 16.3. The molecule has 1 aliphatic carbocycles. The van der Waals surface area contributed by atoms with Crippen molar-refractivity contribution in [3.05, 3.63) is 17.0 Å². The molecule has 6 heteroatoms. The molecule has 0 saturated heterocycles. The first-order valence-corrected chi connectivity index (χ1v) is 12.1. The van der Waals surface area contributed by atoms with E-state index in [1.807, 2.05) is 6.92 Å². The lowest BCUT2D eigenvalue weighted by Crippen LogP contribution is -2.22. The minimum atomic E-state index is -1.12. The Labute approximate surface area is 140 Å². The molecule has 130 valence electrons. The Hall–Kier alpha value is -1.14. The molecule has 1 fully saturated rings. The van der Waals surface area contributed by atoms with Gasteiger partial charge in [0.2, 0.25) is 0 Å². The molecule has 1 N–H and O–H groups in total. The summed E-state index contributed by atoms with van der Waals surface area (Å²) in [4.78, 5) is 11.4. The van der Waals surface area contributed by atoms with Crippen LogP contribution in [0.1, 0.15) is 42.0 Å². The molecule has 23 heavy (non-hydrogen) atoms. The molecule has 0 spiro atoms. The molecule has 2 atom stereocenters. The average Bonchev–Trinajstić information content (AvgIpc) is 2.87. The monoisotopic (exact) mass is 338 g/mol. The van der Waals surface area contributed by atoms with Crippen molar-refractivity contribution in [1.82, 2.24) is 9.78 Å². The summed E-state index contributed by atoms with van der Waals surface area (Å²) in [5.41, 5.74) is 2.23. The van der Waals surface area contributed by atoms with E-state index in [9.17, 15) is 9.90 Å². The van der Waals surface area contributed by atoms with Crippen molar-refractivity contribution in [2.24, 2.45) is 11.3 Å². The first-order chi connectivity index (χ1) is 10.5. The van der Waals surface area contributed by atoms with Crippen molar-refractivity contribution >= 4 is 14.0 Å². The molecule has 1 heterocycles. The van der Waals surface area contributed by atoms with Gasteiger partial charge in [-0.3, -0.25) is 0 Å². The van der Waals surface area contributed by atoms with Crippen LogP contribution >= 0.6 is 0 Å². The highest BCUT2D eigenvalue weighted by Gasteiger charge is 2.47. The molecule has 1 saturated carbocycles. The van der Waals surface area contributed by atoms with Crippen molar-refractivity contribution in [1.29, 1.82) is 0 Å². The summed E-state index contributed by atoms with van der Waals surface area (Å²) in [5.74, 6) is -0.273. The van der Waals surface area contributed by atoms with Gasteiger partial charge in [0.15, 0.2) is 5.69 Å². The standard InChI is InChI=1S/C17H30N2O3Si/c1-12-9-17(12,3)10-14-13(2)15(16(20)21)18-19(14)11-22-7-8-23(4,5)6/h12H,7-11H2,1-6H3,(H,20,21). The summed E-state index contributed by atoms with van der Waals surface area (Å²) in [5, 5.41) is 13.6. The number of carbonyl (C=O) groups is 1. The van der Waals surface area contributed by atoms with Gasteiger partial charge in [0, 0.05) is 25.9 Å². The van der Waals surface area contributed by atoms with Crippen molar-refractivity contribution < 1.29 is 14.6 Å². The van der Waals surface area contributed by atoms with Crippen LogP contribution < -0.4 is 0 Å². The van der Waals surface area contributed by atoms with Crippen LogP contribution in [-0.2, 0) is 17.9 Å². The van der Waals surface area contributed by atoms with Gasteiger partial charge < -0.3 is 9.84 Å². The maximum Gasteiger partial charge on any atom is 0.356 e. The number of ether oxygens (including phenoxy) is 1. The number of aromatic nitrogens is 2. The Kier molecular flexibility index (Phi) is 5.06. The SMILES string of the molecule is Cc1c(C(=O)O)nn(COCC[Si](C)(C)C)c1CC1(C)CC1C. The molecule has 1 aromatic rings. The molecular weight excluding hydrogens is 308 g/mol. The second-order valence-corrected chi connectivity index (χ2v) is 14.1. The number of carboxylic acid groups (broad SMARTS) is 1. The zero-order valence-electron chi connectivity index (χ0n) is 15.3. The van der Waals surface area contributed by atoms with Crippen LogP contribution in [0.25, 0.3) is 0 Å². The highest BCUT2D eigenvalue weighted by Crippen LogP contribution is 2.54. The van der Waals surface area contributed by atoms with E-state index < -0.39 is 14.0 Å². The van der Waals surface area contributed by atoms with E-state index in [0.29, 0.717) is 19.3 Å². The molecule has 1 aromatic heterocycles. The third kappa shape index (κ3) is 4.44. The second kappa shape index (κ2) is 6.40. The first-order valence-electron chi connectivity index (χ1n) is 8.41. The highest BCUT2D eigenvalue weighted by molar-refractivity contribution is 6.76. The Morgan fingerprint density at radius 2 is 2.09 bits per heavy atom. The van der Waals surface area contributed by atoms with Crippen molar-refractivity contribution in [3.8, 4) is 0 Å². The van der Waals surface area contributed by atoms with Crippen LogP contribution in [0.15, 0.2) is 0 Å². The maximum absolute atomic E-state index is 11.4. The number of aromatic carboxylic acids is 1. The minimum absolute atomic E-state index is 0.158. The minimum Gasteiger partial charge on any atom is -0.476 e. The van der Waals surface area contributed by atoms with Crippen molar-refractivity contribution in [2.45, 2.75) is 66.0 Å². The molecule has 5 nitrogen and oxygen atoms in total. The van der Waals surface area contributed by atoms with Crippen LogP contribution in [0.4, 0.5) is 0 Å². The Balaban J connectivity index is 2.10. The van der Waals surface area contributed by atoms with E-state index in [2.05, 4.69) is 38.6 Å². The first kappa shape index (κ1) is 18.2. The molecular formula is C17H30N2O3Si. The predicted molar refractivity (Wildman–Crippen MR) is 93.6 cm³/mol. The van der Waals surface area contributed by atoms with Gasteiger partial charge in [-0.15, -0.1) is 0 Å². The summed E-state index contributed by atoms with van der Waals surface area (Å²) in [6.45, 7) is 14.4. The third-order valence-corrected chi connectivity index (χ3v) is 6.81. The number of nitrogens with zero attached hydrogens (tertiary/aromatic N) is 2. The number of rotatable bonds is 8. The predicted octanol–water partition coefficient (Wildman–Crippen LogP) is 3.79. The van der Waals surface area contributed by atoms with Crippen LogP contribution in [0.3, 0.4) is 0 Å². The van der Waals surface area contributed by atoms with Gasteiger partial charge in [-0.05, 0) is 37.1 Å². The topological polar surface area (TPSA) is 64.3 Å². The molecule has 0 radical (unpaired) electrons. The molecule has 1 aliphatic rings. The number of hydrogen-bond donors (Lipinski definition) is 1. The van der Waals surface area contributed by atoms with Crippen LogP contribution in [0, 0.1) is 18.3 Å². The number of hydrogen-bond acceptors (Lipinski definition) is 3. The summed E-state index contributed by atoms with van der Waals surface area (Å²) >= 11 is 0. The lowest BCUT2D eigenvalue weighted by molar-refractivity contribution is 0.0667. The second-order valence-electron chi connectivity index (χ2n) is 8.51. The Morgan fingerprint density at radius 1 is 1.48 bits per heavy atom. The van der Waals surface area contributed by atoms with Crippen LogP contribution in [-0.4, -0.2) is 35.5 Å². The molecule has 2 unspecified atom stereocenters. The molecule has 0 aromatic carbocycles. The van der Waals surface area contributed by atoms with E-state index in [1.54, 1.807) is 4.68 Å². The van der Waals surface area contributed by atoms with Gasteiger partial charge >= 0.3 is 5.97 Å². The van der Waals surface area contributed by atoms with Crippen LogP contribution in [0.5, 0.6) is 0 Å². The number of carboxylic acids is 1. The summed E-state index contributed by atoms with van der Waals surface area (Å²) < 4.78 is 7.55. The van der Waals surface area contributed by atoms with Gasteiger partial charge in [-0.1, -0.05) is 33.5 Å². The lowest BCUT2D eigenvalue weighted by Gasteiger charge is -2.17. The lowest BCUT2D eigenvalue weighted by atomic mass is 9.97. The van der Waals surface area contributed by atoms with E-state index in [-0.39, 0.29) is 11.1 Å². The fraction of sp³-hybridized carbons (Fsp3) is 0.765. The molecule has 0 bridgehead atoms. The van der Waals surface area contributed by atoms with Crippen molar-refractivity contribution in [2.75, 3.05) is 6.61 Å². The van der Waals surface area contributed by atoms with E-state index in [0.717, 1.165) is 23.7 Å². The summed E-state index contributed by atoms with van der Waals surface area (Å²) in [6.07, 6.45) is 2.06. The highest BCUT2D eigenvalue weighted by atomic mass is 28.3. The van der Waals surface area contributed by atoms with E-state index in [4.69, 9.17) is 4.74 Å². The fourth-order valence-corrected chi connectivity index (χ4v) is 3.68. The zero-order chi connectivity index (χ0) is 17.4. The van der Waals surface area contributed by atoms with Crippen molar-refractivity contribution in [3.63, 3.8) is 0 Å².